The van der Waals surface area contributed by atoms with Gasteiger partial charge in [0.15, 0.2) is 0 Å². The monoisotopic (exact) mass is 231 g/mol. The molecule has 1 N–H and O–H groups in total. The zero-order valence-electron chi connectivity index (χ0n) is 7.56. The van der Waals surface area contributed by atoms with Gasteiger partial charge in [-0.05, 0) is 6.07 Å². The SMILES string of the molecule is COC(=O)c1cc(Cl)c(O)c([N+](=O)[O-])c1. The van der Waals surface area contributed by atoms with E-state index in [4.69, 9.17) is 11.6 Å². The van der Waals surface area contributed by atoms with Gasteiger partial charge < -0.3 is 9.84 Å². The molecule has 0 bridgehead atoms. The highest BCUT2D eigenvalue weighted by Crippen LogP contribution is 2.34. The van der Waals surface area contributed by atoms with Crippen molar-refractivity contribution in [1.29, 1.82) is 0 Å². The third kappa shape index (κ3) is 2.16. The number of phenolic OH excluding ortho intramolecular Hbond substituents is 1. The lowest BCUT2D eigenvalue weighted by Crippen LogP contribution is -2.02. The number of nitro benzene ring substituents is 1. The number of aromatic hydroxyl groups is 1. The Morgan fingerprint density at radius 2 is 2.20 bits per heavy atom. The Hall–Kier alpha value is -1.82. The van der Waals surface area contributed by atoms with E-state index < -0.39 is 22.3 Å². The summed E-state index contributed by atoms with van der Waals surface area (Å²) in [5.74, 6) is -1.44. The number of carbonyl (C=O) groups excluding carboxylic acids is 1. The van der Waals surface area contributed by atoms with Crippen LogP contribution >= 0.6 is 11.6 Å². The van der Waals surface area contributed by atoms with Crippen molar-refractivity contribution in [3.05, 3.63) is 32.8 Å². The molecule has 15 heavy (non-hydrogen) atoms. The molecule has 0 aliphatic carbocycles. The molecule has 6 nitrogen and oxygen atoms in total. The fraction of sp³-hybridized carbons (Fsp3) is 0.125. The summed E-state index contributed by atoms with van der Waals surface area (Å²) in [6.07, 6.45) is 0. The number of rotatable bonds is 2. The molecule has 0 saturated heterocycles. The normalized spacial score (nSPS) is 9.73. The molecule has 0 aromatic heterocycles. The molecule has 0 amide bonds. The first-order valence-corrected chi connectivity index (χ1v) is 4.10. The Morgan fingerprint density at radius 3 is 2.67 bits per heavy atom. The third-order valence-corrected chi connectivity index (χ3v) is 1.95. The van der Waals surface area contributed by atoms with Crippen LogP contribution in [-0.4, -0.2) is 23.1 Å². The molecule has 1 aromatic carbocycles. The Labute approximate surface area is 89.2 Å². The number of carbonyl (C=O) groups is 1. The predicted molar refractivity (Wildman–Crippen MR) is 51.1 cm³/mol. The smallest absolute Gasteiger partial charge is 0.338 e. The zero-order valence-corrected chi connectivity index (χ0v) is 8.32. The van der Waals surface area contributed by atoms with Crippen molar-refractivity contribution in [2.24, 2.45) is 0 Å². The van der Waals surface area contributed by atoms with Crippen LogP contribution in [0, 0.1) is 10.1 Å². The topological polar surface area (TPSA) is 89.7 Å². The van der Waals surface area contributed by atoms with Crippen LogP contribution in [0.4, 0.5) is 5.69 Å². The van der Waals surface area contributed by atoms with E-state index in [0.717, 1.165) is 19.2 Å². The lowest BCUT2D eigenvalue weighted by Gasteiger charge is -2.02. The van der Waals surface area contributed by atoms with Crippen molar-refractivity contribution in [3.63, 3.8) is 0 Å². The van der Waals surface area contributed by atoms with Crippen LogP contribution in [0.3, 0.4) is 0 Å². The molecule has 0 atom stereocenters. The van der Waals surface area contributed by atoms with Crippen LogP contribution < -0.4 is 0 Å². The molecule has 80 valence electrons. The average Bonchev–Trinajstić information content (AvgIpc) is 2.20. The second kappa shape index (κ2) is 4.14. The van der Waals surface area contributed by atoms with Crippen molar-refractivity contribution in [2.45, 2.75) is 0 Å². The van der Waals surface area contributed by atoms with Gasteiger partial charge in [-0.1, -0.05) is 11.6 Å². The third-order valence-electron chi connectivity index (χ3n) is 1.66. The Bertz CT molecular complexity index is 431. The second-order valence-corrected chi connectivity index (χ2v) is 2.98. The lowest BCUT2D eigenvalue weighted by atomic mass is 10.2. The van der Waals surface area contributed by atoms with Gasteiger partial charge >= 0.3 is 11.7 Å². The maximum atomic E-state index is 11.1. The lowest BCUT2D eigenvalue weighted by molar-refractivity contribution is -0.385. The molecule has 0 spiro atoms. The van der Waals surface area contributed by atoms with E-state index in [1.54, 1.807) is 0 Å². The molecular formula is C8H6ClNO5. The maximum Gasteiger partial charge on any atom is 0.338 e. The number of hydrogen-bond donors (Lipinski definition) is 1. The van der Waals surface area contributed by atoms with E-state index in [0.29, 0.717) is 0 Å². The summed E-state index contributed by atoms with van der Waals surface area (Å²) in [5.41, 5.74) is -0.727. The van der Waals surface area contributed by atoms with E-state index >= 15 is 0 Å². The predicted octanol–water partition coefficient (Wildman–Crippen LogP) is 1.74. The first kappa shape index (κ1) is 11.3. The quantitative estimate of drug-likeness (QED) is 0.476. The Kier molecular flexibility index (Phi) is 3.11. The number of ether oxygens (including phenoxy) is 1. The highest BCUT2D eigenvalue weighted by Gasteiger charge is 2.21. The molecule has 1 aromatic rings. The van der Waals surface area contributed by atoms with Gasteiger partial charge in [-0.15, -0.1) is 0 Å². The molecule has 0 aliphatic rings. The number of phenols is 1. The molecule has 0 radical (unpaired) electrons. The summed E-state index contributed by atoms with van der Waals surface area (Å²) >= 11 is 5.50. The summed E-state index contributed by atoms with van der Waals surface area (Å²) in [4.78, 5) is 20.7. The summed E-state index contributed by atoms with van der Waals surface area (Å²) in [6, 6.07) is 1.99. The maximum absolute atomic E-state index is 11.1. The van der Waals surface area contributed by atoms with Crippen LogP contribution in [0.5, 0.6) is 5.75 Å². The van der Waals surface area contributed by atoms with E-state index in [9.17, 15) is 20.0 Å². The zero-order chi connectivity index (χ0) is 11.6. The molecule has 0 aliphatic heterocycles. The summed E-state index contributed by atoms with van der Waals surface area (Å²) in [6.45, 7) is 0. The van der Waals surface area contributed by atoms with Crippen molar-refractivity contribution < 1.29 is 19.6 Å². The molecule has 1 rings (SSSR count). The van der Waals surface area contributed by atoms with Gasteiger partial charge in [-0.2, -0.15) is 0 Å². The van der Waals surface area contributed by atoms with E-state index in [1.807, 2.05) is 0 Å². The van der Waals surface area contributed by atoms with Gasteiger partial charge in [0.25, 0.3) is 0 Å². The number of halogens is 1. The van der Waals surface area contributed by atoms with E-state index in [1.165, 1.54) is 0 Å². The number of esters is 1. The summed E-state index contributed by atoms with van der Waals surface area (Å²) in [5, 5.41) is 19.4. The molecular weight excluding hydrogens is 226 g/mol. The van der Waals surface area contributed by atoms with Crippen LogP contribution in [-0.2, 0) is 4.74 Å². The average molecular weight is 232 g/mol. The van der Waals surface area contributed by atoms with Crippen LogP contribution in [0.15, 0.2) is 12.1 Å². The van der Waals surface area contributed by atoms with Gasteiger partial charge in [0.2, 0.25) is 5.75 Å². The molecule has 0 saturated carbocycles. The largest absolute Gasteiger partial charge is 0.501 e. The first-order chi connectivity index (χ1) is 6.97. The van der Waals surface area contributed by atoms with Crippen molar-refractivity contribution in [1.82, 2.24) is 0 Å². The first-order valence-electron chi connectivity index (χ1n) is 3.72. The molecule has 7 heteroatoms. The highest BCUT2D eigenvalue weighted by atomic mass is 35.5. The summed E-state index contributed by atoms with van der Waals surface area (Å²) in [7, 11) is 1.13. The van der Waals surface area contributed by atoms with Crippen LogP contribution in [0.1, 0.15) is 10.4 Å². The fourth-order valence-electron chi connectivity index (χ4n) is 0.959. The van der Waals surface area contributed by atoms with Gasteiger partial charge in [-0.25, -0.2) is 4.79 Å². The van der Waals surface area contributed by atoms with Crippen molar-refractivity contribution >= 4 is 23.3 Å². The molecule has 0 fully saturated rings. The summed E-state index contributed by atoms with van der Waals surface area (Å²) < 4.78 is 4.36. The standard InChI is InChI=1S/C8H6ClNO5/c1-15-8(12)4-2-5(9)7(11)6(3-4)10(13)14/h2-3,11H,1H3. The van der Waals surface area contributed by atoms with Crippen LogP contribution in [0.25, 0.3) is 0 Å². The van der Waals surface area contributed by atoms with E-state index in [2.05, 4.69) is 4.74 Å². The molecule has 0 heterocycles. The number of methoxy groups -OCH3 is 1. The minimum atomic E-state index is -0.840. The Balaban J connectivity index is 3.35. The van der Waals surface area contributed by atoms with Crippen molar-refractivity contribution in [2.75, 3.05) is 7.11 Å². The van der Waals surface area contributed by atoms with Gasteiger partial charge in [0, 0.05) is 6.07 Å². The Morgan fingerprint density at radius 1 is 1.60 bits per heavy atom. The highest BCUT2D eigenvalue weighted by molar-refractivity contribution is 6.32. The minimum absolute atomic E-state index is 0.0907. The van der Waals surface area contributed by atoms with Crippen molar-refractivity contribution in [3.8, 4) is 5.75 Å². The number of nitrogens with zero attached hydrogens (tertiary/aromatic N) is 1. The fourth-order valence-corrected chi connectivity index (χ4v) is 1.17. The number of hydrogen-bond acceptors (Lipinski definition) is 5. The number of benzene rings is 1. The van der Waals surface area contributed by atoms with Crippen LogP contribution in [0.2, 0.25) is 5.02 Å². The van der Waals surface area contributed by atoms with Gasteiger partial charge in [0.05, 0.1) is 22.6 Å². The van der Waals surface area contributed by atoms with E-state index in [-0.39, 0.29) is 10.6 Å². The second-order valence-electron chi connectivity index (χ2n) is 2.57. The molecule has 0 unspecified atom stereocenters. The van der Waals surface area contributed by atoms with Gasteiger partial charge in [0.1, 0.15) is 0 Å². The minimum Gasteiger partial charge on any atom is -0.501 e. The number of nitro groups is 1. The van der Waals surface area contributed by atoms with Gasteiger partial charge in [-0.3, -0.25) is 10.1 Å².